The van der Waals surface area contributed by atoms with Gasteiger partial charge in [-0.25, -0.2) is 14.8 Å². The first-order valence-corrected chi connectivity index (χ1v) is 8.73. The lowest BCUT2D eigenvalue weighted by Gasteiger charge is -2.26. The van der Waals surface area contributed by atoms with Crippen LogP contribution in [-0.2, 0) is 4.74 Å². The molecule has 2 aromatic rings. The molecule has 0 saturated carbocycles. The molecule has 1 aliphatic rings. The topological polar surface area (TPSA) is 84.4 Å². The van der Waals surface area contributed by atoms with Crippen LogP contribution in [0, 0.1) is 0 Å². The maximum Gasteiger partial charge on any atom is 0.337 e. The van der Waals surface area contributed by atoms with Gasteiger partial charge >= 0.3 is 5.97 Å². The molecule has 1 aromatic carbocycles. The fourth-order valence-corrected chi connectivity index (χ4v) is 2.94. The molecule has 1 aliphatic heterocycles. The van der Waals surface area contributed by atoms with Gasteiger partial charge in [0.05, 0.1) is 23.9 Å². The first-order valence-electron chi connectivity index (χ1n) is 8.35. The molecule has 3 rings (SSSR count). The zero-order valence-corrected chi connectivity index (χ0v) is 15.1. The van der Waals surface area contributed by atoms with Gasteiger partial charge in [-0.2, -0.15) is 0 Å². The van der Waals surface area contributed by atoms with Crippen molar-refractivity contribution in [1.29, 1.82) is 0 Å². The van der Waals surface area contributed by atoms with E-state index in [2.05, 4.69) is 24.9 Å². The first-order chi connectivity index (χ1) is 12.6. The van der Waals surface area contributed by atoms with Crippen molar-refractivity contribution in [3.63, 3.8) is 0 Å². The number of anilines is 2. The first kappa shape index (κ1) is 18.1. The van der Waals surface area contributed by atoms with Crippen LogP contribution in [0.1, 0.15) is 40.1 Å². The lowest BCUT2D eigenvalue weighted by Crippen LogP contribution is -2.31. The summed E-state index contributed by atoms with van der Waals surface area (Å²) in [5.74, 6) is -0.352. The summed E-state index contributed by atoms with van der Waals surface area (Å²) >= 11 is 6.12. The summed E-state index contributed by atoms with van der Waals surface area (Å²) in [6, 6.07) is 6.37. The molecule has 0 radical (unpaired) electrons. The van der Waals surface area contributed by atoms with E-state index in [1.807, 2.05) is 0 Å². The summed E-state index contributed by atoms with van der Waals surface area (Å²) in [6.45, 7) is 1.75. The summed E-state index contributed by atoms with van der Waals surface area (Å²) in [6.07, 6.45) is 4.81. The smallest absolute Gasteiger partial charge is 0.337 e. The monoisotopic (exact) mass is 374 g/mol. The molecular weight excluding hydrogens is 356 g/mol. The highest BCUT2D eigenvalue weighted by Crippen LogP contribution is 2.21. The SMILES string of the molecule is COC(=O)c1ccc(NC(=O)c2nc(N3CCCCC3)ncc2Cl)cc1. The number of ether oxygens (including phenoxy) is 1. The molecule has 26 heavy (non-hydrogen) atoms. The lowest BCUT2D eigenvalue weighted by atomic mass is 10.1. The van der Waals surface area contributed by atoms with Crippen molar-refractivity contribution in [2.45, 2.75) is 19.3 Å². The molecule has 1 amide bonds. The van der Waals surface area contributed by atoms with E-state index in [4.69, 9.17) is 11.6 Å². The second-order valence-corrected chi connectivity index (χ2v) is 6.34. The van der Waals surface area contributed by atoms with Gasteiger partial charge in [-0.15, -0.1) is 0 Å². The highest BCUT2D eigenvalue weighted by molar-refractivity contribution is 6.34. The summed E-state index contributed by atoms with van der Waals surface area (Å²) in [5.41, 5.74) is 1.05. The van der Waals surface area contributed by atoms with Crippen molar-refractivity contribution in [2.75, 3.05) is 30.4 Å². The number of carbonyl (C=O) groups is 2. The lowest BCUT2D eigenvalue weighted by molar-refractivity contribution is 0.0600. The highest BCUT2D eigenvalue weighted by atomic mass is 35.5. The zero-order chi connectivity index (χ0) is 18.5. The van der Waals surface area contributed by atoms with E-state index in [0.29, 0.717) is 17.2 Å². The van der Waals surface area contributed by atoms with E-state index in [1.54, 1.807) is 24.3 Å². The molecule has 136 valence electrons. The van der Waals surface area contributed by atoms with Gasteiger partial charge in [-0.3, -0.25) is 4.79 Å². The molecular formula is C18H19ClN4O3. The standard InChI is InChI=1S/C18H19ClN4O3/c1-26-17(25)12-5-7-13(8-6-12)21-16(24)15-14(19)11-20-18(22-15)23-9-3-2-4-10-23/h5-8,11H,2-4,9-10H2,1H3,(H,21,24). The Morgan fingerprint density at radius 3 is 2.50 bits per heavy atom. The highest BCUT2D eigenvalue weighted by Gasteiger charge is 2.19. The predicted molar refractivity (Wildman–Crippen MR) is 98.8 cm³/mol. The molecule has 1 fully saturated rings. The minimum atomic E-state index is -0.437. The number of esters is 1. The van der Waals surface area contributed by atoms with E-state index in [9.17, 15) is 9.59 Å². The number of benzene rings is 1. The van der Waals surface area contributed by atoms with Gasteiger partial charge in [-0.1, -0.05) is 11.6 Å². The van der Waals surface area contributed by atoms with E-state index in [0.717, 1.165) is 25.9 Å². The van der Waals surface area contributed by atoms with Crippen LogP contribution in [0.3, 0.4) is 0 Å². The number of hydrogen-bond donors (Lipinski definition) is 1. The van der Waals surface area contributed by atoms with Gasteiger partial charge < -0.3 is 15.0 Å². The van der Waals surface area contributed by atoms with E-state index >= 15 is 0 Å². The third-order valence-electron chi connectivity index (χ3n) is 4.15. The third-order valence-corrected chi connectivity index (χ3v) is 4.43. The average Bonchev–Trinajstić information content (AvgIpc) is 2.69. The Bertz CT molecular complexity index is 805. The Morgan fingerprint density at radius 1 is 1.15 bits per heavy atom. The zero-order valence-electron chi connectivity index (χ0n) is 14.4. The van der Waals surface area contributed by atoms with Crippen molar-refractivity contribution in [3.05, 3.63) is 46.7 Å². The molecule has 0 aliphatic carbocycles. The molecule has 0 spiro atoms. The van der Waals surface area contributed by atoms with Crippen molar-refractivity contribution in [1.82, 2.24) is 9.97 Å². The second-order valence-electron chi connectivity index (χ2n) is 5.94. The summed E-state index contributed by atoms with van der Waals surface area (Å²) in [7, 11) is 1.31. The van der Waals surface area contributed by atoms with Gasteiger partial charge in [0.2, 0.25) is 5.95 Å². The van der Waals surface area contributed by atoms with Crippen molar-refractivity contribution in [2.24, 2.45) is 0 Å². The largest absolute Gasteiger partial charge is 0.465 e. The summed E-state index contributed by atoms with van der Waals surface area (Å²) in [4.78, 5) is 34.7. The molecule has 0 atom stereocenters. The van der Waals surface area contributed by atoms with Gasteiger partial charge in [0, 0.05) is 18.8 Å². The fraction of sp³-hybridized carbons (Fsp3) is 0.333. The number of nitrogens with one attached hydrogen (secondary N) is 1. The quantitative estimate of drug-likeness (QED) is 0.827. The predicted octanol–water partition coefficient (Wildman–Crippen LogP) is 3.16. The van der Waals surface area contributed by atoms with Gasteiger partial charge in [-0.05, 0) is 43.5 Å². The Balaban J connectivity index is 1.75. The number of methoxy groups -OCH3 is 1. The van der Waals surface area contributed by atoms with E-state index in [1.165, 1.54) is 19.7 Å². The van der Waals surface area contributed by atoms with Crippen LogP contribution in [-0.4, -0.2) is 42.0 Å². The minimum Gasteiger partial charge on any atom is -0.465 e. The minimum absolute atomic E-state index is 0.124. The number of carbonyl (C=O) groups excluding carboxylic acids is 2. The Labute approximate surface area is 156 Å². The number of amides is 1. The second kappa shape index (κ2) is 8.14. The van der Waals surface area contributed by atoms with Crippen LogP contribution in [0.5, 0.6) is 0 Å². The Morgan fingerprint density at radius 2 is 1.85 bits per heavy atom. The van der Waals surface area contributed by atoms with Crippen LogP contribution in [0.4, 0.5) is 11.6 Å². The van der Waals surface area contributed by atoms with Gasteiger partial charge in [0.25, 0.3) is 5.91 Å². The van der Waals surface area contributed by atoms with Crippen LogP contribution in [0.15, 0.2) is 30.5 Å². The third kappa shape index (κ3) is 4.11. The van der Waals surface area contributed by atoms with Crippen LogP contribution in [0.2, 0.25) is 5.02 Å². The molecule has 0 unspecified atom stereocenters. The average molecular weight is 375 g/mol. The molecule has 1 saturated heterocycles. The molecule has 8 heteroatoms. The number of aromatic nitrogens is 2. The maximum absolute atomic E-state index is 12.5. The molecule has 0 bridgehead atoms. The van der Waals surface area contributed by atoms with Crippen molar-refractivity contribution < 1.29 is 14.3 Å². The van der Waals surface area contributed by atoms with Crippen LogP contribution < -0.4 is 10.2 Å². The van der Waals surface area contributed by atoms with E-state index in [-0.39, 0.29) is 10.7 Å². The number of piperidine rings is 1. The van der Waals surface area contributed by atoms with Crippen LogP contribution >= 0.6 is 11.6 Å². The van der Waals surface area contributed by atoms with Crippen molar-refractivity contribution in [3.8, 4) is 0 Å². The van der Waals surface area contributed by atoms with Gasteiger partial charge in [0.15, 0.2) is 5.69 Å². The maximum atomic E-state index is 12.5. The number of nitrogens with zero attached hydrogens (tertiary/aromatic N) is 3. The van der Waals surface area contributed by atoms with Crippen LogP contribution in [0.25, 0.3) is 0 Å². The Kier molecular flexibility index (Phi) is 5.68. The normalized spacial score (nSPS) is 14.0. The number of halogens is 1. The fourth-order valence-electron chi connectivity index (χ4n) is 2.76. The molecule has 1 N–H and O–H groups in total. The molecule has 1 aromatic heterocycles. The summed E-state index contributed by atoms with van der Waals surface area (Å²) in [5, 5.41) is 2.92. The Hall–Kier alpha value is -2.67. The van der Waals surface area contributed by atoms with E-state index < -0.39 is 11.9 Å². The molecule has 7 nitrogen and oxygen atoms in total. The summed E-state index contributed by atoms with van der Waals surface area (Å²) < 4.78 is 4.65. The number of rotatable bonds is 4. The van der Waals surface area contributed by atoms with Crippen molar-refractivity contribution >= 4 is 35.1 Å². The van der Waals surface area contributed by atoms with Gasteiger partial charge in [0.1, 0.15) is 0 Å². The number of hydrogen-bond acceptors (Lipinski definition) is 6. The molecule has 2 heterocycles.